The van der Waals surface area contributed by atoms with Gasteiger partial charge in [-0.2, -0.15) is 26.3 Å². The Bertz CT molecular complexity index is 2150. The minimum Gasteiger partial charge on any atom is -0.507 e. The first-order valence-corrected chi connectivity index (χ1v) is 14.7. The third-order valence-corrected chi connectivity index (χ3v) is 8.50. The van der Waals surface area contributed by atoms with Gasteiger partial charge in [-0.1, -0.05) is 12.1 Å². The van der Waals surface area contributed by atoms with Crippen LogP contribution in [0.4, 0.5) is 26.3 Å². The van der Waals surface area contributed by atoms with Crippen LogP contribution in [0.3, 0.4) is 0 Å². The number of fused-ring (bicyclic) bond motifs is 1. The first-order valence-electron chi connectivity index (χ1n) is 14.7. The van der Waals surface area contributed by atoms with Crippen LogP contribution in [0.2, 0.25) is 0 Å². The SMILES string of the molecule is CC(=O)c1cc(C)c(O)c(Cc2[nH]c3cc(-c4cc(C(F)(F)F)cc(C(F)(F)F)c4)ccc3c2Cc2c(O)c(C)cc(C(C)=O)c2O)c1O. The predicted molar refractivity (Wildman–Crippen MR) is 168 cm³/mol. The molecule has 5 N–H and O–H groups in total. The van der Waals surface area contributed by atoms with Crippen LogP contribution in [-0.4, -0.2) is 37.0 Å². The lowest BCUT2D eigenvalue weighted by atomic mass is 9.91. The van der Waals surface area contributed by atoms with Crippen LogP contribution in [0, 0.1) is 13.8 Å². The maximum Gasteiger partial charge on any atom is 0.416 e. The van der Waals surface area contributed by atoms with Crippen molar-refractivity contribution in [2.24, 2.45) is 0 Å². The lowest BCUT2D eigenvalue weighted by molar-refractivity contribution is -0.143. The quantitative estimate of drug-likeness (QED) is 0.0859. The molecule has 0 saturated carbocycles. The topological polar surface area (TPSA) is 131 Å². The Hall–Kier alpha value is -5.46. The van der Waals surface area contributed by atoms with Gasteiger partial charge >= 0.3 is 12.4 Å². The zero-order valence-electron chi connectivity index (χ0n) is 26.4. The van der Waals surface area contributed by atoms with Crippen LogP contribution in [-0.2, 0) is 25.2 Å². The number of H-pyrrole nitrogens is 1. The summed E-state index contributed by atoms with van der Waals surface area (Å²) < 4.78 is 81.7. The van der Waals surface area contributed by atoms with E-state index in [0.29, 0.717) is 23.1 Å². The summed E-state index contributed by atoms with van der Waals surface area (Å²) >= 11 is 0. The number of ketones is 2. The molecule has 49 heavy (non-hydrogen) atoms. The Morgan fingerprint density at radius 1 is 0.612 bits per heavy atom. The van der Waals surface area contributed by atoms with E-state index in [2.05, 4.69) is 4.98 Å². The molecule has 0 aliphatic carbocycles. The van der Waals surface area contributed by atoms with Crippen molar-refractivity contribution < 1.29 is 56.4 Å². The molecule has 0 unspecified atom stereocenters. The zero-order valence-corrected chi connectivity index (χ0v) is 26.4. The molecule has 0 radical (unpaired) electrons. The van der Waals surface area contributed by atoms with Crippen LogP contribution in [0.15, 0.2) is 48.5 Å². The van der Waals surface area contributed by atoms with Gasteiger partial charge in [0.1, 0.15) is 23.0 Å². The minimum atomic E-state index is -5.07. The van der Waals surface area contributed by atoms with Crippen molar-refractivity contribution in [1.82, 2.24) is 4.98 Å². The number of aromatic hydroxyl groups is 4. The fourth-order valence-corrected chi connectivity index (χ4v) is 5.92. The highest BCUT2D eigenvalue weighted by Crippen LogP contribution is 2.43. The van der Waals surface area contributed by atoms with Gasteiger partial charge in [0.25, 0.3) is 0 Å². The van der Waals surface area contributed by atoms with Crippen LogP contribution in [0.25, 0.3) is 22.0 Å². The number of nitrogens with one attached hydrogen (secondary N) is 1. The van der Waals surface area contributed by atoms with E-state index in [1.54, 1.807) is 0 Å². The monoisotopic (exact) mass is 685 g/mol. The third-order valence-electron chi connectivity index (χ3n) is 8.50. The number of aromatic amines is 1. The highest BCUT2D eigenvalue weighted by atomic mass is 19.4. The smallest absolute Gasteiger partial charge is 0.416 e. The number of hydrogen-bond donors (Lipinski definition) is 5. The van der Waals surface area contributed by atoms with Crippen LogP contribution in [0.1, 0.15) is 79.2 Å². The molecular weight excluding hydrogens is 656 g/mol. The van der Waals surface area contributed by atoms with Gasteiger partial charge in [-0.05, 0) is 91.9 Å². The molecule has 0 bridgehead atoms. The minimum absolute atomic E-state index is 0.0105. The Morgan fingerprint density at radius 2 is 1.08 bits per heavy atom. The largest absolute Gasteiger partial charge is 0.507 e. The summed E-state index contributed by atoms with van der Waals surface area (Å²) in [6.45, 7) is 5.48. The van der Waals surface area contributed by atoms with Crippen molar-refractivity contribution in [2.75, 3.05) is 0 Å². The first kappa shape index (κ1) is 34.9. The second kappa shape index (κ2) is 12.2. The van der Waals surface area contributed by atoms with Crippen molar-refractivity contribution in [2.45, 2.75) is 52.9 Å². The second-order valence-corrected chi connectivity index (χ2v) is 11.9. The Kier molecular flexibility index (Phi) is 8.69. The van der Waals surface area contributed by atoms with E-state index in [1.165, 1.54) is 58.0 Å². The number of rotatable bonds is 7. The maximum absolute atomic E-state index is 13.6. The van der Waals surface area contributed by atoms with Crippen molar-refractivity contribution in [3.8, 4) is 34.1 Å². The summed E-state index contributed by atoms with van der Waals surface area (Å²) in [5.41, 5.74) is -2.29. The molecule has 7 nitrogen and oxygen atoms in total. The highest BCUT2D eigenvalue weighted by molar-refractivity contribution is 5.99. The zero-order chi connectivity index (χ0) is 36.3. The van der Waals surface area contributed by atoms with E-state index in [1.807, 2.05) is 0 Å². The van der Waals surface area contributed by atoms with E-state index in [0.717, 1.165) is 0 Å². The van der Waals surface area contributed by atoms with E-state index in [-0.39, 0.29) is 86.1 Å². The molecule has 0 amide bonds. The molecule has 13 heteroatoms. The molecule has 0 spiro atoms. The van der Waals surface area contributed by atoms with Crippen molar-refractivity contribution >= 4 is 22.5 Å². The molecule has 0 aliphatic rings. The second-order valence-electron chi connectivity index (χ2n) is 11.9. The number of aryl methyl sites for hydroxylation is 2. The molecular formula is C36H29F6NO6. The molecule has 1 aromatic heterocycles. The van der Waals surface area contributed by atoms with Crippen LogP contribution in [0.5, 0.6) is 23.0 Å². The number of Topliss-reactive ketones (excluding diaryl/α,β-unsaturated/α-hetero) is 2. The fourth-order valence-electron chi connectivity index (χ4n) is 5.92. The number of carbonyl (C=O) groups is 2. The van der Waals surface area contributed by atoms with Gasteiger partial charge < -0.3 is 25.4 Å². The lowest BCUT2D eigenvalue weighted by Crippen LogP contribution is -2.11. The Labute approximate surface area is 275 Å². The summed E-state index contributed by atoms with van der Waals surface area (Å²) in [6, 6.07) is 7.91. The number of aromatic nitrogens is 1. The summed E-state index contributed by atoms with van der Waals surface area (Å²) in [6.07, 6.45) is -10.7. The number of carbonyl (C=O) groups excluding carboxylic acids is 2. The van der Waals surface area contributed by atoms with Gasteiger partial charge in [-0.15, -0.1) is 0 Å². The van der Waals surface area contributed by atoms with Gasteiger partial charge in [-0.3, -0.25) is 9.59 Å². The number of benzene rings is 4. The molecule has 0 atom stereocenters. The Balaban J connectivity index is 1.77. The molecule has 0 fully saturated rings. The van der Waals surface area contributed by atoms with Crippen LogP contribution < -0.4 is 0 Å². The van der Waals surface area contributed by atoms with Gasteiger partial charge in [0.15, 0.2) is 11.6 Å². The van der Waals surface area contributed by atoms with E-state index in [4.69, 9.17) is 0 Å². The highest BCUT2D eigenvalue weighted by Gasteiger charge is 2.37. The predicted octanol–water partition coefficient (Wildman–Crippen LogP) is 8.90. The number of halogens is 6. The number of alkyl halides is 6. The summed E-state index contributed by atoms with van der Waals surface area (Å²) in [5.74, 6) is -2.66. The normalized spacial score (nSPS) is 12.1. The molecule has 5 aromatic rings. The average Bonchev–Trinajstić information content (AvgIpc) is 3.35. The summed E-state index contributed by atoms with van der Waals surface area (Å²) in [7, 11) is 0. The van der Waals surface area contributed by atoms with Gasteiger partial charge in [0.05, 0.1) is 22.3 Å². The lowest BCUT2D eigenvalue weighted by Gasteiger charge is -2.16. The van der Waals surface area contributed by atoms with Crippen LogP contribution >= 0.6 is 0 Å². The molecule has 0 saturated heterocycles. The van der Waals surface area contributed by atoms with Gasteiger partial charge in [0.2, 0.25) is 0 Å². The molecule has 256 valence electrons. The first-order chi connectivity index (χ1) is 22.7. The summed E-state index contributed by atoms with van der Waals surface area (Å²) in [4.78, 5) is 27.6. The van der Waals surface area contributed by atoms with Crippen molar-refractivity contribution in [3.63, 3.8) is 0 Å². The van der Waals surface area contributed by atoms with Crippen molar-refractivity contribution in [1.29, 1.82) is 0 Å². The van der Waals surface area contributed by atoms with Gasteiger partial charge in [0, 0.05) is 40.6 Å². The summed E-state index contributed by atoms with van der Waals surface area (Å²) in [5, 5.41) is 44.2. The Morgan fingerprint density at radius 3 is 1.53 bits per heavy atom. The maximum atomic E-state index is 13.6. The third kappa shape index (κ3) is 6.52. The molecule has 1 heterocycles. The van der Waals surface area contributed by atoms with Gasteiger partial charge in [-0.25, -0.2) is 0 Å². The van der Waals surface area contributed by atoms with E-state index < -0.39 is 46.5 Å². The number of phenolic OH excluding ortho intramolecular Hbond substituents is 4. The van der Waals surface area contributed by atoms with E-state index >= 15 is 0 Å². The standard InChI is InChI=1S/C36H29F6NO6/c1-15-7-24(17(3)44)33(48)27(31(15)46)13-26-23-6-5-19(20-9-21(35(37,38)39)12-22(10-20)36(40,41)42)11-29(23)43-30(26)14-28-32(47)16(2)8-25(18(4)45)34(28)49/h5-12,43,46-49H,13-14H2,1-4H3. The molecule has 0 aliphatic heterocycles. The van der Waals surface area contributed by atoms with Crippen molar-refractivity contribution in [3.05, 3.63) is 104 Å². The average molecular weight is 686 g/mol. The number of hydrogen-bond acceptors (Lipinski definition) is 6. The fraction of sp³-hybridized carbons (Fsp3) is 0.222. The molecule has 4 aromatic carbocycles. The number of phenols is 4. The molecule has 5 rings (SSSR count). The van der Waals surface area contributed by atoms with E-state index in [9.17, 15) is 56.4 Å².